The standard InChI is InChI=1S/C24H17ClF3N5OS/c1-13-12-15(13)20(17-8-4-5-11-29-17)30-19(34)10-9-18-21(14-6-2-3-7-16(14)25)31-23-33(18)32-22(35-23)24(26,27)28/h2-11,15,20H,1,12H2,(H,30,34)/b10-9+. The van der Waals surface area contributed by atoms with Crippen molar-refractivity contribution in [3.05, 3.63) is 88.3 Å². The van der Waals surface area contributed by atoms with Crippen LogP contribution < -0.4 is 5.32 Å². The Hall–Kier alpha value is -3.50. The lowest BCUT2D eigenvalue weighted by Crippen LogP contribution is -2.29. The number of carbonyl (C=O) groups is 1. The number of aromatic nitrogens is 4. The monoisotopic (exact) mass is 515 g/mol. The summed E-state index contributed by atoms with van der Waals surface area (Å²) >= 11 is 6.73. The zero-order valence-corrected chi connectivity index (χ0v) is 19.5. The summed E-state index contributed by atoms with van der Waals surface area (Å²) in [6, 6.07) is 11.9. The molecular formula is C24H17ClF3N5OS. The van der Waals surface area contributed by atoms with Gasteiger partial charge in [0, 0.05) is 23.8 Å². The first-order valence-corrected chi connectivity index (χ1v) is 11.7. The lowest BCUT2D eigenvalue weighted by Gasteiger charge is -2.16. The van der Waals surface area contributed by atoms with Crippen LogP contribution in [0.4, 0.5) is 13.2 Å². The summed E-state index contributed by atoms with van der Waals surface area (Å²) in [7, 11) is 0. The second-order valence-electron chi connectivity index (χ2n) is 7.97. The van der Waals surface area contributed by atoms with Gasteiger partial charge >= 0.3 is 6.18 Å². The number of fused-ring (bicyclic) bond motifs is 1. The first-order chi connectivity index (χ1) is 16.7. The average molecular weight is 516 g/mol. The molecule has 1 fully saturated rings. The van der Waals surface area contributed by atoms with Gasteiger partial charge in [0.15, 0.2) is 0 Å². The number of halogens is 4. The zero-order valence-electron chi connectivity index (χ0n) is 18.0. The molecule has 1 saturated carbocycles. The number of pyridine rings is 1. The summed E-state index contributed by atoms with van der Waals surface area (Å²) in [5, 5.41) is 5.96. The molecule has 4 aromatic rings. The van der Waals surface area contributed by atoms with E-state index in [1.807, 2.05) is 12.1 Å². The molecule has 0 saturated heterocycles. The number of nitrogens with zero attached hydrogens (tertiary/aromatic N) is 4. The maximum Gasteiger partial charge on any atom is 0.445 e. The Morgan fingerprint density at radius 2 is 2.00 bits per heavy atom. The molecule has 3 aromatic heterocycles. The molecule has 5 rings (SSSR count). The lowest BCUT2D eigenvalue weighted by atomic mass is 10.1. The third kappa shape index (κ3) is 4.71. The number of hydrogen-bond acceptors (Lipinski definition) is 5. The largest absolute Gasteiger partial charge is 0.445 e. The predicted octanol–water partition coefficient (Wildman–Crippen LogP) is 5.97. The Labute approximate surface area is 206 Å². The normalized spacial score (nSPS) is 16.7. The Bertz CT molecular complexity index is 1460. The van der Waals surface area contributed by atoms with Gasteiger partial charge in [-0.3, -0.25) is 9.78 Å². The van der Waals surface area contributed by atoms with E-state index < -0.39 is 17.1 Å². The van der Waals surface area contributed by atoms with Crippen LogP contribution in [0.15, 0.2) is 66.9 Å². The third-order valence-electron chi connectivity index (χ3n) is 5.56. The van der Waals surface area contributed by atoms with Crippen LogP contribution >= 0.6 is 22.9 Å². The van der Waals surface area contributed by atoms with Crippen LogP contribution in [0.2, 0.25) is 5.02 Å². The number of alkyl halides is 3. The molecule has 35 heavy (non-hydrogen) atoms. The van der Waals surface area contributed by atoms with E-state index in [0.29, 0.717) is 33.3 Å². The predicted molar refractivity (Wildman–Crippen MR) is 128 cm³/mol. The second kappa shape index (κ2) is 8.94. The van der Waals surface area contributed by atoms with Gasteiger partial charge in [-0.2, -0.15) is 13.2 Å². The Morgan fingerprint density at radius 1 is 1.26 bits per heavy atom. The molecule has 1 aliphatic carbocycles. The van der Waals surface area contributed by atoms with Gasteiger partial charge in [0.1, 0.15) is 5.69 Å². The van der Waals surface area contributed by atoms with Crippen molar-refractivity contribution in [1.82, 2.24) is 24.9 Å². The minimum absolute atomic E-state index is 0.0351. The molecule has 1 aromatic carbocycles. The summed E-state index contributed by atoms with van der Waals surface area (Å²) < 4.78 is 40.8. The van der Waals surface area contributed by atoms with Crippen molar-refractivity contribution in [2.24, 2.45) is 5.92 Å². The number of hydrogen-bond donors (Lipinski definition) is 1. The number of imidazole rings is 1. The quantitative estimate of drug-likeness (QED) is 0.253. The van der Waals surface area contributed by atoms with Gasteiger partial charge in [-0.15, -0.1) is 5.10 Å². The van der Waals surface area contributed by atoms with E-state index in [1.54, 1.807) is 36.5 Å². The third-order valence-corrected chi connectivity index (χ3v) is 6.84. The van der Waals surface area contributed by atoms with Crippen LogP contribution in [0.1, 0.15) is 28.9 Å². The van der Waals surface area contributed by atoms with Gasteiger partial charge in [0.25, 0.3) is 0 Å². The molecular weight excluding hydrogens is 499 g/mol. The summed E-state index contributed by atoms with van der Waals surface area (Å²) in [6.45, 7) is 3.98. The highest BCUT2D eigenvalue weighted by Crippen LogP contribution is 2.45. The number of amides is 1. The summed E-state index contributed by atoms with van der Waals surface area (Å²) in [5.74, 6) is -0.359. The SMILES string of the molecule is C=C1CC1C(NC(=O)/C=C/c1c(-c2ccccc2Cl)nc2sc(C(F)(F)F)nn12)c1ccccn1. The zero-order chi connectivity index (χ0) is 24.7. The lowest BCUT2D eigenvalue weighted by molar-refractivity contribution is -0.138. The number of rotatable bonds is 6. The van der Waals surface area contributed by atoms with Gasteiger partial charge in [-0.05, 0) is 30.7 Å². The van der Waals surface area contributed by atoms with Crippen molar-refractivity contribution >= 4 is 39.9 Å². The Morgan fingerprint density at radius 3 is 2.66 bits per heavy atom. The smallest absolute Gasteiger partial charge is 0.344 e. The van der Waals surface area contributed by atoms with E-state index in [1.165, 1.54) is 12.2 Å². The van der Waals surface area contributed by atoms with Crippen molar-refractivity contribution < 1.29 is 18.0 Å². The van der Waals surface area contributed by atoms with Gasteiger partial charge in [0.2, 0.25) is 15.9 Å². The molecule has 2 unspecified atom stereocenters. The molecule has 11 heteroatoms. The molecule has 0 spiro atoms. The van der Waals surface area contributed by atoms with Gasteiger partial charge < -0.3 is 5.32 Å². The van der Waals surface area contributed by atoms with Crippen LogP contribution in [-0.4, -0.2) is 25.5 Å². The van der Waals surface area contributed by atoms with E-state index in [9.17, 15) is 18.0 Å². The number of nitrogens with one attached hydrogen (secondary N) is 1. The highest BCUT2D eigenvalue weighted by molar-refractivity contribution is 7.16. The minimum Gasteiger partial charge on any atom is -0.344 e. The Kier molecular flexibility index (Phi) is 5.94. The molecule has 0 aliphatic heterocycles. The first-order valence-electron chi connectivity index (χ1n) is 10.5. The molecule has 6 nitrogen and oxygen atoms in total. The van der Waals surface area contributed by atoms with Crippen LogP contribution in [0, 0.1) is 5.92 Å². The molecule has 1 N–H and O–H groups in total. The minimum atomic E-state index is -4.61. The number of carbonyl (C=O) groups excluding carboxylic acids is 1. The molecule has 3 heterocycles. The van der Waals surface area contributed by atoms with Gasteiger partial charge in [0.05, 0.1) is 22.5 Å². The summed E-state index contributed by atoms with van der Waals surface area (Å²) in [6.07, 6.45) is 0.457. The first kappa shape index (κ1) is 23.3. The van der Waals surface area contributed by atoms with Gasteiger partial charge in [-0.25, -0.2) is 9.50 Å². The van der Waals surface area contributed by atoms with Crippen molar-refractivity contribution in [3.63, 3.8) is 0 Å². The molecule has 1 amide bonds. The maximum absolute atomic E-state index is 13.2. The fourth-order valence-corrected chi connectivity index (χ4v) is 4.75. The summed E-state index contributed by atoms with van der Waals surface area (Å²) in [5.41, 5.74) is 2.77. The summed E-state index contributed by atoms with van der Waals surface area (Å²) in [4.78, 5) is 21.6. The van der Waals surface area contributed by atoms with Crippen LogP contribution in [0.5, 0.6) is 0 Å². The fourth-order valence-electron chi connectivity index (χ4n) is 3.75. The van der Waals surface area contributed by atoms with Crippen molar-refractivity contribution in [2.45, 2.75) is 18.6 Å². The highest BCUT2D eigenvalue weighted by Gasteiger charge is 2.38. The van der Waals surface area contributed by atoms with Crippen molar-refractivity contribution in [2.75, 3.05) is 0 Å². The Balaban J connectivity index is 1.50. The maximum atomic E-state index is 13.2. The van der Waals surface area contributed by atoms with E-state index in [-0.39, 0.29) is 22.6 Å². The van der Waals surface area contributed by atoms with E-state index in [4.69, 9.17) is 11.6 Å². The van der Waals surface area contributed by atoms with Crippen molar-refractivity contribution in [1.29, 1.82) is 0 Å². The van der Waals surface area contributed by atoms with E-state index in [0.717, 1.165) is 16.5 Å². The second-order valence-corrected chi connectivity index (χ2v) is 9.33. The highest BCUT2D eigenvalue weighted by atomic mass is 35.5. The van der Waals surface area contributed by atoms with Crippen LogP contribution in [-0.2, 0) is 11.0 Å². The molecule has 178 valence electrons. The number of benzene rings is 1. The van der Waals surface area contributed by atoms with E-state index >= 15 is 0 Å². The topological polar surface area (TPSA) is 72.2 Å². The van der Waals surface area contributed by atoms with Crippen LogP contribution in [0.25, 0.3) is 22.3 Å². The van der Waals surface area contributed by atoms with Gasteiger partial charge in [-0.1, -0.05) is 59.4 Å². The van der Waals surface area contributed by atoms with E-state index in [2.05, 4.69) is 27.0 Å². The van der Waals surface area contributed by atoms with Crippen LogP contribution in [0.3, 0.4) is 0 Å². The molecule has 0 bridgehead atoms. The molecule has 2 atom stereocenters. The molecule has 0 radical (unpaired) electrons. The molecule has 1 aliphatic rings. The average Bonchev–Trinajstić information content (AvgIpc) is 3.24. The van der Waals surface area contributed by atoms with Crippen molar-refractivity contribution in [3.8, 4) is 11.3 Å². The fraction of sp³-hybridized carbons (Fsp3) is 0.167.